The van der Waals surface area contributed by atoms with E-state index in [1.165, 1.54) is 19.2 Å². The average molecular weight is 290 g/mol. The van der Waals surface area contributed by atoms with E-state index in [0.29, 0.717) is 17.1 Å². The van der Waals surface area contributed by atoms with Crippen LogP contribution in [-0.2, 0) is 11.2 Å². The first-order valence-electron chi connectivity index (χ1n) is 6.37. The van der Waals surface area contributed by atoms with Gasteiger partial charge in [0, 0.05) is 6.07 Å². The van der Waals surface area contributed by atoms with Crippen LogP contribution in [0.5, 0.6) is 5.88 Å². The van der Waals surface area contributed by atoms with Crippen LogP contribution in [0.25, 0.3) is 0 Å². The molecule has 1 N–H and O–H groups in total. The Morgan fingerprint density at radius 1 is 1.38 bits per heavy atom. The second kappa shape index (κ2) is 6.30. The molecule has 1 heterocycles. The molecule has 21 heavy (non-hydrogen) atoms. The van der Waals surface area contributed by atoms with Gasteiger partial charge in [0.2, 0.25) is 5.88 Å². The Kier molecular flexibility index (Phi) is 4.47. The maximum atomic E-state index is 13.7. The SMILES string of the molecule is COc1cc(C(Cc2ccccc2F)C(=O)O)nc(C)n1. The lowest BCUT2D eigenvalue weighted by Gasteiger charge is -2.14. The summed E-state index contributed by atoms with van der Waals surface area (Å²) < 4.78 is 18.7. The van der Waals surface area contributed by atoms with Crippen LogP contribution in [0.3, 0.4) is 0 Å². The highest BCUT2D eigenvalue weighted by Crippen LogP contribution is 2.23. The minimum atomic E-state index is -1.07. The monoisotopic (exact) mass is 290 g/mol. The summed E-state index contributed by atoms with van der Waals surface area (Å²) in [4.78, 5) is 19.7. The molecule has 0 aliphatic heterocycles. The van der Waals surface area contributed by atoms with Gasteiger partial charge >= 0.3 is 5.97 Å². The van der Waals surface area contributed by atoms with Crippen molar-refractivity contribution in [2.24, 2.45) is 0 Å². The summed E-state index contributed by atoms with van der Waals surface area (Å²) in [6.07, 6.45) is 0.0155. The average Bonchev–Trinajstić information content (AvgIpc) is 2.45. The second-order valence-corrected chi connectivity index (χ2v) is 4.57. The molecule has 0 aliphatic rings. The van der Waals surface area contributed by atoms with E-state index in [0.717, 1.165) is 0 Å². The van der Waals surface area contributed by atoms with E-state index in [1.54, 1.807) is 25.1 Å². The van der Waals surface area contributed by atoms with Crippen molar-refractivity contribution >= 4 is 5.97 Å². The van der Waals surface area contributed by atoms with E-state index in [-0.39, 0.29) is 12.3 Å². The Morgan fingerprint density at radius 2 is 2.10 bits per heavy atom. The number of nitrogens with zero attached hydrogens (tertiary/aromatic N) is 2. The Labute approximate surface area is 121 Å². The second-order valence-electron chi connectivity index (χ2n) is 4.57. The van der Waals surface area contributed by atoms with E-state index in [2.05, 4.69) is 9.97 Å². The number of aromatic nitrogens is 2. The lowest BCUT2D eigenvalue weighted by atomic mass is 9.95. The topological polar surface area (TPSA) is 72.3 Å². The van der Waals surface area contributed by atoms with Crippen LogP contribution in [-0.4, -0.2) is 28.2 Å². The van der Waals surface area contributed by atoms with Gasteiger partial charge in [0.05, 0.1) is 12.8 Å². The van der Waals surface area contributed by atoms with Crippen molar-refractivity contribution < 1.29 is 19.0 Å². The van der Waals surface area contributed by atoms with Crippen molar-refractivity contribution in [2.75, 3.05) is 7.11 Å². The third-order valence-electron chi connectivity index (χ3n) is 3.08. The van der Waals surface area contributed by atoms with Gasteiger partial charge in [0.1, 0.15) is 17.6 Å². The van der Waals surface area contributed by atoms with Crippen LogP contribution in [0.4, 0.5) is 4.39 Å². The van der Waals surface area contributed by atoms with E-state index in [4.69, 9.17) is 4.74 Å². The van der Waals surface area contributed by atoms with Crippen molar-refractivity contribution in [3.8, 4) is 5.88 Å². The van der Waals surface area contributed by atoms with Crippen LogP contribution >= 0.6 is 0 Å². The first-order valence-corrected chi connectivity index (χ1v) is 6.37. The van der Waals surface area contributed by atoms with Crippen molar-refractivity contribution in [2.45, 2.75) is 19.3 Å². The molecule has 2 rings (SSSR count). The Balaban J connectivity index is 2.38. The Bertz CT molecular complexity index is 661. The Hall–Kier alpha value is -2.50. The fourth-order valence-electron chi connectivity index (χ4n) is 2.05. The molecule has 1 aromatic carbocycles. The van der Waals surface area contributed by atoms with Gasteiger partial charge < -0.3 is 9.84 Å². The fourth-order valence-corrected chi connectivity index (χ4v) is 2.05. The largest absolute Gasteiger partial charge is 0.481 e. The molecule has 0 bridgehead atoms. The number of carboxylic acids is 1. The summed E-state index contributed by atoms with van der Waals surface area (Å²) in [6, 6.07) is 7.57. The number of rotatable bonds is 5. The van der Waals surface area contributed by atoms with Gasteiger partial charge in [-0.25, -0.2) is 9.37 Å². The number of aryl methyl sites for hydroxylation is 1. The Morgan fingerprint density at radius 3 is 2.71 bits per heavy atom. The van der Waals surface area contributed by atoms with Crippen molar-refractivity contribution in [1.29, 1.82) is 0 Å². The third-order valence-corrected chi connectivity index (χ3v) is 3.08. The van der Waals surface area contributed by atoms with Crippen LogP contribution in [0.1, 0.15) is 23.0 Å². The number of carboxylic acid groups (broad SMARTS) is 1. The van der Waals surface area contributed by atoms with E-state index >= 15 is 0 Å². The van der Waals surface area contributed by atoms with Crippen LogP contribution in [0.15, 0.2) is 30.3 Å². The number of benzene rings is 1. The molecular weight excluding hydrogens is 275 g/mol. The maximum Gasteiger partial charge on any atom is 0.312 e. The zero-order valence-corrected chi connectivity index (χ0v) is 11.7. The van der Waals surface area contributed by atoms with Gasteiger partial charge in [0.15, 0.2) is 0 Å². The van der Waals surface area contributed by atoms with Crippen molar-refractivity contribution in [3.05, 3.63) is 53.2 Å². The zero-order chi connectivity index (χ0) is 15.4. The van der Waals surface area contributed by atoms with Gasteiger partial charge in [-0.1, -0.05) is 18.2 Å². The molecule has 2 aromatic rings. The molecule has 0 spiro atoms. The van der Waals surface area contributed by atoms with Gasteiger partial charge in [-0.05, 0) is 25.0 Å². The third kappa shape index (κ3) is 3.53. The molecule has 0 fully saturated rings. The van der Waals surface area contributed by atoms with Crippen LogP contribution in [0.2, 0.25) is 0 Å². The zero-order valence-electron chi connectivity index (χ0n) is 11.7. The molecule has 0 aliphatic carbocycles. The number of hydrogen-bond donors (Lipinski definition) is 1. The number of carbonyl (C=O) groups is 1. The molecule has 1 unspecified atom stereocenters. The van der Waals surface area contributed by atoms with Crippen molar-refractivity contribution in [3.63, 3.8) is 0 Å². The molecule has 0 saturated carbocycles. The molecule has 1 atom stereocenters. The molecule has 0 saturated heterocycles. The summed E-state index contributed by atoms with van der Waals surface area (Å²) in [5.74, 6) is -1.76. The number of ether oxygens (including phenoxy) is 1. The highest BCUT2D eigenvalue weighted by atomic mass is 19.1. The van der Waals surface area contributed by atoms with Gasteiger partial charge in [0.25, 0.3) is 0 Å². The standard InChI is InChI=1S/C15H15FN2O3/c1-9-17-13(8-14(18-9)21-2)11(15(19)20)7-10-5-3-4-6-12(10)16/h3-6,8,11H,7H2,1-2H3,(H,19,20). The van der Waals surface area contributed by atoms with Crippen molar-refractivity contribution in [1.82, 2.24) is 9.97 Å². The number of halogens is 1. The fraction of sp³-hybridized carbons (Fsp3) is 0.267. The summed E-state index contributed by atoms with van der Waals surface area (Å²) in [5.41, 5.74) is 0.634. The summed E-state index contributed by atoms with van der Waals surface area (Å²) >= 11 is 0. The summed E-state index contributed by atoms with van der Waals surface area (Å²) in [6.45, 7) is 1.65. The number of hydrogen-bond acceptors (Lipinski definition) is 4. The first kappa shape index (κ1) is 14.9. The molecule has 0 radical (unpaired) electrons. The number of methoxy groups -OCH3 is 1. The lowest BCUT2D eigenvalue weighted by molar-refractivity contribution is -0.138. The minimum Gasteiger partial charge on any atom is -0.481 e. The molecule has 0 amide bonds. The van der Waals surface area contributed by atoms with E-state index in [9.17, 15) is 14.3 Å². The normalized spacial score (nSPS) is 12.0. The van der Waals surface area contributed by atoms with Gasteiger partial charge in [-0.3, -0.25) is 4.79 Å². The molecule has 110 valence electrons. The maximum absolute atomic E-state index is 13.7. The predicted molar refractivity (Wildman–Crippen MR) is 73.8 cm³/mol. The minimum absolute atomic E-state index is 0.0155. The molecule has 6 heteroatoms. The molecule has 1 aromatic heterocycles. The summed E-state index contributed by atoms with van der Waals surface area (Å²) in [5, 5.41) is 9.41. The lowest BCUT2D eigenvalue weighted by Crippen LogP contribution is -2.17. The van der Waals surface area contributed by atoms with Gasteiger partial charge in [-0.15, -0.1) is 0 Å². The smallest absolute Gasteiger partial charge is 0.312 e. The highest BCUT2D eigenvalue weighted by Gasteiger charge is 2.24. The van der Waals surface area contributed by atoms with Crippen LogP contribution in [0, 0.1) is 12.7 Å². The van der Waals surface area contributed by atoms with Crippen LogP contribution < -0.4 is 4.74 Å². The predicted octanol–water partition coefficient (Wildman–Crippen LogP) is 2.34. The highest BCUT2D eigenvalue weighted by molar-refractivity contribution is 5.76. The molecular formula is C15H15FN2O3. The molecule has 5 nitrogen and oxygen atoms in total. The van der Waals surface area contributed by atoms with E-state index < -0.39 is 17.7 Å². The quantitative estimate of drug-likeness (QED) is 0.915. The first-order chi connectivity index (χ1) is 10.0. The number of aliphatic carboxylic acids is 1. The summed E-state index contributed by atoms with van der Waals surface area (Å²) in [7, 11) is 1.44. The van der Waals surface area contributed by atoms with Gasteiger partial charge in [-0.2, -0.15) is 4.98 Å². The van der Waals surface area contributed by atoms with E-state index in [1.807, 2.05) is 0 Å².